The number of nitrogens with zero attached hydrogens (tertiary/aromatic N) is 2. The normalized spacial score (nSPS) is 27.9. The predicted molar refractivity (Wildman–Crippen MR) is 116 cm³/mol. The number of imide groups is 1. The molecule has 4 atom stereocenters. The fourth-order valence-electron chi connectivity index (χ4n) is 5.90. The van der Waals surface area contributed by atoms with E-state index in [9.17, 15) is 9.59 Å². The van der Waals surface area contributed by atoms with E-state index in [0.29, 0.717) is 5.13 Å². The van der Waals surface area contributed by atoms with Crippen molar-refractivity contribution in [3.8, 4) is 11.3 Å². The van der Waals surface area contributed by atoms with Gasteiger partial charge in [-0.1, -0.05) is 28.8 Å². The summed E-state index contributed by atoms with van der Waals surface area (Å²) < 4.78 is 0. The van der Waals surface area contributed by atoms with E-state index in [0.717, 1.165) is 34.5 Å². The van der Waals surface area contributed by atoms with Gasteiger partial charge in [-0.3, -0.25) is 9.59 Å². The second-order valence-corrected chi connectivity index (χ2v) is 10.2. The van der Waals surface area contributed by atoms with Crippen molar-refractivity contribution < 1.29 is 9.59 Å². The molecule has 0 spiro atoms. The number of anilines is 1. The average molecular weight is 407 g/mol. The summed E-state index contributed by atoms with van der Waals surface area (Å²) in [6.07, 6.45) is 2.06. The lowest BCUT2D eigenvalue weighted by Crippen LogP contribution is -2.33. The molecule has 1 aliphatic heterocycles. The molecule has 29 heavy (non-hydrogen) atoms. The summed E-state index contributed by atoms with van der Waals surface area (Å²) in [6, 6.07) is 6.32. The lowest BCUT2D eigenvalue weighted by atomic mass is 9.81. The number of hydrogen-bond donors (Lipinski definition) is 0. The Balaban J connectivity index is 1.54. The second-order valence-electron chi connectivity index (χ2n) is 9.03. The van der Waals surface area contributed by atoms with Crippen molar-refractivity contribution in [1.82, 2.24) is 4.98 Å². The molecule has 0 radical (unpaired) electrons. The average Bonchev–Trinajstić information content (AvgIpc) is 3.39. The molecule has 2 bridgehead atoms. The van der Waals surface area contributed by atoms with Gasteiger partial charge in [0.05, 0.1) is 17.5 Å². The van der Waals surface area contributed by atoms with E-state index in [1.165, 1.54) is 32.9 Å². The molecule has 1 saturated heterocycles. The molecule has 2 aromatic rings. The van der Waals surface area contributed by atoms with Gasteiger partial charge in [0.1, 0.15) is 0 Å². The highest BCUT2D eigenvalue weighted by atomic mass is 32.1. The molecule has 3 aliphatic rings. The number of allylic oxidation sites excluding steroid dienone is 2. The van der Waals surface area contributed by atoms with Crippen molar-refractivity contribution in [2.24, 2.45) is 23.7 Å². The number of hydrogen-bond acceptors (Lipinski definition) is 4. The number of amides is 2. The van der Waals surface area contributed by atoms with Crippen LogP contribution in [0.2, 0.25) is 0 Å². The molecule has 2 heterocycles. The molecule has 2 aliphatic carbocycles. The van der Waals surface area contributed by atoms with Crippen molar-refractivity contribution in [2.75, 3.05) is 4.90 Å². The molecule has 0 N–H and O–H groups in total. The first kappa shape index (κ1) is 18.7. The van der Waals surface area contributed by atoms with E-state index in [-0.39, 0.29) is 35.5 Å². The molecule has 4 unspecified atom stereocenters. The number of benzene rings is 1. The van der Waals surface area contributed by atoms with E-state index in [1.54, 1.807) is 0 Å². The minimum Gasteiger partial charge on any atom is -0.274 e. The minimum absolute atomic E-state index is 0.0350. The van der Waals surface area contributed by atoms with E-state index >= 15 is 0 Å². The molecule has 5 heteroatoms. The SMILES string of the molecule is CC(C)=C1C2CCC1C1C(=O)N(c3nc(-c4cc(C)ccc4C)c(C)s3)C(=O)C21. The highest BCUT2D eigenvalue weighted by Crippen LogP contribution is 2.60. The molecule has 150 valence electrons. The van der Waals surface area contributed by atoms with Gasteiger partial charge in [0.15, 0.2) is 5.13 Å². The monoisotopic (exact) mass is 406 g/mol. The standard InChI is InChI=1S/C24H26N2O2S/c1-11(2)18-15-8-9-16(18)20-19(15)22(27)26(23(20)28)24-25-21(14(5)29-24)17-10-12(3)6-7-13(17)4/h6-7,10,15-16,19-20H,8-9H2,1-5H3. The summed E-state index contributed by atoms with van der Waals surface area (Å²) in [5.74, 6) is 0.0606. The first-order valence-electron chi connectivity index (χ1n) is 10.4. The summed E-state index contributed by atoms with van der Waals surface area (Å²) in [5, 5.41) is 0.543. The first-order valence-corrected chi connectivity index (χ1v) is 11.2. The number of aryl methyl sites for hydroxylation is 3. The third-order valence-electron chi connectivity index (χ3n) is 7.05. The molecule has 2 saturated carbocycles. The summed E-state index contributed by atoms with van der Waals surface area (Å²) in [5.41, 5.74) is 6.97. The van der Waals surface area contributed by atoms with Crippen LogP contribution in [0.3, 0.4) is 0 Å². The second kappa shape index (κ2) is 6.36. The first-order chi connectivity index (χ1) is 13.8. The fourth-order valence-corrected chi connectivity index (χ4v) is 6.83. The Labute approximate surface area is 175 Å². The van der Waals surface area contributed by atoms with Gasteiger partial charge in [-0.2, -0.15) is 0 Å². The molecule has 1 aromatic heterocycles. The molecule has 5 rings (SSSR count). The summed E-state index contributed by atoms with van der Waals surface area (Å²) in [7, 11) is 0. The van der Waals surface area contributed by atoms with E-state index in [2.05, 4.69) is 45.9 Å². The Kier molecular flexibility index (Phi) is 4.11. The summed E-state index contributed by atoms with van der Waals surface area (Å²) in [6.45, 7) is 10.4. The van der Waals surface area contributed by atoms with Crippen LogP contribution in [0.1, 0.15) is 42.7 Å². The van der Waals surface area contributed by atoms with Gasteiger partial charge in [0.25, 0.3) is 0 Å². The molecule has 3 fully saturated rings. The van der Waals surface area contributed by atoms with Crippen LogP contribution in [0, 0.1) is 44.4 Å². The van der Waals surface area contributed by atoms with Crippen LogP contribution in [-0.4, -0.2) is 16.8 Å². The minimum atomic E-state index is -0.181. The van der Waals surface area contributed by atoms with Gasteiger partial charge in [0, 0.05) is 10.4 Å². The van der Waals surface area contributed by atoms with E-state index in [4.69, 9.17) is 4.98 Å². The molecule has 2 amide bonds. The summed E-state index contributed by atoms with van der Waals surface area (Å²) in [4.78, 5) is 34.0. The quantitative estimate of drug-likeness (QED) is 0.508. The topological polar surface area (TPSA) is 50.3 Å². The Hall–Kier alpha value is -2.27. The van der Waals surface area contributed by atoms with Crippen molar-refractivity contribution in [1.29, 1.82) is 0 Å². The van der Waals surface area contributed by atoms with Gasteiger partial charge < -0.3 is 0 Å². The zero-order valence-corrected chi connectivity index (χ0v) is 18.4. The Morgan fingerprint density at radius 1 is 1.03 bits per heavy atom. The number of rotatable bonds is 2. The lowest BCUT2D eigenvalue weighted by Gasteiger charge is -2.18. The van der Waals surface area contributed by atoms with Crippen molar-refractivity contribution >= 4 is 28.3 Å². The molecule has 1 aromatic carbocycles. The van der Waals surface area contributed by atoms with Gasteiger partial charge in [0.2, 0.25) is 11.8 Å². The highest BCUT2D eigenvalue weighted by molar-refractivity contribution is 7.16. The number of thiazole rings is 1. The van der Waals surface area contributed by atoms with Crippen LogP contribution >= 0.6 is 11.3 Å². The fraction of sp³-hybridized carbons (Fsp3) is 0.458. The maximum atomic E-state index is 13.4. The Morgan fingerprint density at radius 2 is 1.66 bits per heavy atom. The third kappa shape index (κ3) is 2.53. The van der Waals surface area contributed by atoms with Crippen LogP contribution in [0.4, 0.5) is 5.13 Å². The zero-order chi connectivity index (χ0) is 20.6. The van der Waals surface area contributed by atoms with Crippen LogP contribution in [-0.2, 0) is 9.59 Å². The zero-order valence-electron chi connectivity index (χ0n) is 17.6. The van der Waals surface area contributed by atoms with Gasteiger partial charge in [-0.15, -0.1) is 11.3 Å². The molecular formula is C24H26N2O2S. The number of aromatic nitrogens is 1. The number of fused-ring (bicyclic) bond motifs is 5. The molecular weight excluding hydrogens is 380 g/mol. The predicted octanol–water partition coefficient (Wildman–Crippen LogP) is 5.22. The van der Waals surface area contributed by atoms with E-state index < -0.39 is 0 Å². The van der Waals surface area contributed by atoms with Crippen molar-refractivity contribution in [3.63, 3.8) is 0 Å². The van der Waals surface area contributed by atoms with Crippen molar-refractivity contribution in [2.45, 2.75) is 47.5 Å². The van der Waals surface area contributed by atoms with E-state index in [1.807, 2.05) is 6.92 Å². The maximum absolute atomic E-state index is 13.4. The highest BCUT2D eigenvalue weighted by Gasteiger charge is 2.64. The van der Waals surface area contributed by atoms with Crippen LogP contribution < -0.4 is 4.90 Å². The smallest absolute Gasteiger partial charge is 0.240 e. The van der Waals surface area contributed by atoms with Gasteiger partial charge >= 0.3 is 0 Å². The largest absolute Gasteiger partial charge is 0.274 e. The van der Waals surface area contributed by atoms with Crippen molar-refractivity contribution in [3.05, 3.63) is 45.3 Å². The third-order valence-corrected chi connectivity index (χ3v) is 8.01. The Morgan fingerprint density at radius 3 is 2.24 bits per heavy atom. The number of carbonyl (C=O) groups is 2. The number of carbonyl (C=O) groups excluding carboxylic acids is 2. The van der Waals surface area contributed by atoms with Crippen LogP contribution in [0.25, 0.3) is 11.3 Å². The molecule has 4 nitrogen and oxygen atoms in total. The summed E-state index contributed by atoms with van der Waals surface area (Å²) >= 11 is 1.46. The van der Waals surface area contributed by atoms with Gasteiger partial charge in [-0.05, 0) is 70.9 Å². The van der Waals surface area contributed by atoms with Crippen LogP contribution in [0.5, 0.6) is 0 Å². The maximum Gasteiger partial charge on any atom is 0.240 e. The van der Waals surface area contributed by atoms with Gasteiger partial charge in [-0.25, -0.2) is 9.88 Å². The Bertz CT molecular complexity index is 1060. The van der Waals surface area contributed by atoms with Crippen LogP contribution in [0.15, 0.2) is 29.3 Å². The lowest BCUT2D eigenvalue weighted by molar-refractivity contribution is -0.123.